The third-order valence-electron chi connectivity index (χ3n) is 3.44. The van der Waals surface area contributed by atoms with E-state index in [2.05, 4.69) is 12.2 Å². The molecule has 1 aromatic carbocycles. The van der Waals surface area contributed by atoms with Crippen molar-refractivity contribution in [2.75, 3.05) is 13.2 Å². The summed E-state index contributed by atoms with van der Waals surface area (Å²) in [7, 11) is 0. The molecule has 1 saturated heterocycles. The van der Waals surface area contributed by atoms with Crippen LogP contribution in [-0.4, -0.2) is 19.3 Å². The maximum atomic E-state index is 13.8. The first-order chi connectivity index (χ1) is 8.24. The smallest absolute Gasteiger partial charge is 0.128 e. The minimum absolute atomic E-state index is 0.0429. The van der Waals surface area contributed by atoms with Gasteiger partial charge in [-0.25, -0.2) is 4.39 Å². The summed E-state index contributed by atoms with van der Waals surface area (Å²) in [4.78, 5) is 0. The van der Waals surface area contributed by atoms with E-state index in [0.29, 0.717) is 11.5 Å². The fourth-order valence-electron chi connectivity index (χ4n) is 2.49. The number of likely N-dealkylation sites (N-methyl/N-ethyl adjacent to an activating group) is 1. The predicted molar refractivity (Wildman–Crippen MR) is 66.3 cm³/mol. The summed E-state index contributed by atoms with van der Waals surface area (Å²) in [5.74, 6) is 0.319. The Morgan fingerprint density at radius 2 is 2.24 bits per heavy atom. The number of ether oxygens (including phenoxy) is 1. The van der Waals surface area contributed by atoms with Gasteiger partial charge >= 0.3 is 0 Å². The molecule has 94 valence electrons. The van der Waals surface area contributed by atoms with E-state index in [9.17, 15) is 4.39 Å². The zero-order valence-corrected chi connectivity index (χ0v) is 10.4. The second-order valence-corrected chi connectivity index (χ2v) is 4.66. The van der Waals surface area contributed by atoms with E-state index in [1.165, 1.54) is 6.07 Å². The predicted octanol–water partition coefficient (Wildman–Crippen LogP) is 2.90. The number of halogens is 1. The molecule has 0 saturated carbocycles. The van der Waals surface area contributed by atoms with Crippen molar-refractivity contribution in [2.24, 2.45) is 5.92 Å². The molecule has 2 nitrogen and oxygen atoms in total. The van der Waals surface area contributed by atoms with Crippen molar-refractivity contribution in [1.82, 2.24) is 5.32 Å². The number of hydrogen-bond acceptors (Lipinski definition) is 2. The highest BCUT2D eigenvalue weighted by Gasteiger charge is 2.33. The maximum Gasteiger partial charge on any atom is 0.128 e. The van der Waals surface area contributed by atoms with Crippen molar-refractivity contribution in [3.8, 4) is 0 Å². The van der Waals surface area contributed by atoms with Gasteiger partial charge in [-0.3, -0.25) is 0 Å². The summed E-state index contributed by atoms with van der Waals surface area (Å²) in [5, 5.41) is 3.35. The molecule has 0 radical (unpaired) electrons. The molecule has 0 aliphatic carbocycles. The first-order valence-corrected chi connectivity index (χ1v) is 6.33. The molecular formula is C14H20FNO. The second kappa shape index (κ2) is 5.61. The highest BCUT2D eigenvalue weighted by Crippen LogP contribution is 2.32. The van der Waals surface area contributed by atoms with Gasteiger partial charge in [0.25, 0.3) is 0 Å². The van der Waals surface area contributed by atoms with Gasteiger partial charge in [-0.2, -0.15) is 0 Å². The van der Waals surface area contributed by atoms with Crippen LogP contribution in [0.4, 0.5) is 4.39 Å². The normalized spacial score (nSPS) is 26.1. The van der Waals surface area contributed by atoms with Crippen molar-refractivity contribution in [3.05, 3.63) is 35.6 Å². The Labute approximate surface area is 102 Å². The van der Waals surface area contributed by atoms with Crippen LogP contribution in [0.2, 0.25) is 0 Å². The molecule has 2 rings (SSSR count). The van der Waals surface area contributed by atoms with Crippen molar-refractivity contribution < 1.29 is 9.13 Å². The third kappa shape index (κ3) is 2.67. The molecule has 0 bridgehead atoms. The van der Waals surface area contributed by atoms with Crippen LogP contribution in [0.15, 0.2) is 24.3 Å². The van der Waals surface area contributed by atoms with E-state index in [-0.39, 0.29) is 18.0 Å². The molecule has 1 aliphatic heterocycles. The monoisotopic (exact) mass is 237 g/mol. The quantitative estimate of drug-likeness (QED) is 0.869. The first kappa shape index (κ1) is 12.5. The van der Waals surface area contributed by atoms with Gasteiger partial charge in [0.05, 0.1) is 12.1 Å². The zero-order chi connectivity index (χ0) is 12.3. The van der Waals surface area contributed by atoms with E-state index >= 15 is 0 Å². The molecule has 1 aliphatic rings. The van der Waals surface area contributed by atoms with E-state index in [4.69, 9.17) is 4.74 Å². The van der Waals surface area contributed by atoms with Crippen molar-refractivity contribution in [1.29, 1.82) is 0 Å². The van der Waals surface area contributed by atoms with Crippen LogP contribution in [-0.2, 0) is 4.74 Å². The van der Waals surface area contributed by atoms with Gasteiger partial charge in [-0.1, -0.05) is 32.0 Å². The number of nitrogens with one attached hydrogen (secondary N) is 1. The van der Waals surface area contributed by atoms with E-state index in [0.717, 1.165) is 19.6 Å². The summed E-state index contributed by atoms with van der Waals surface area (Å²) in [6.45, 7) is 5.80. The van der Waals surface area contributed by atoms with Crippen molar-refractivity contribution >= 4 is 0 Å². The zero-order valence-electron chi connectivity index (χ0n) is 10.4. The lowest BCUT2D eigenvalue weighted by molar-refractivity contribution is 0.0601. The van der Waals surface area contributed by atoms with Crippen molar-refractivity contribution in [3.63, 3.8) is 0 Å². The summed E-state index contributed by atoms with van der Waals surface area (Å²) in [6, 6.07) is 6.91. The standard InChI is InChI=1S/C14H20FNO/c1-3-16-13(14-10(2)8-9-17-14)11-6-4-5-7-12(11)15/h4-7,10,13-14,16H,3,8-9H2,1-2H3. The molecule has 3 unspecified atom stereocenters. The van der Waals surface area contributed by atoms with Gasteiger partial charge in [0.2, 0.25) is 0 Å². The lowest BCUT2D eigenvalue weighted by Gasteiger charge is -2.27. The molecule has 0 aromatic heterocycles. The number of benzene rings is 1. The fraction of sp³-hybridized carbons (Fsp3) is 0.571. The Morgan fingerprint density at radius 3 is 2.82 bits per heavy atom. The molecule has 3 atom stereocenters. The topological polar surface area (TPSA) is 21.3 Å². The lowest BCUT2D eigenvalue weighted by atomic mass is 9.92. The summed E-state index contributed by atoms with van der Waals surface area (Å²) in [6.07, 6.45) is 1.13. The molecule has 1 aromatic rings. The Kier molecular flexibility index (Phi) is 4.13. The van der Waals surface area contributed by atoms with Crippen LogP contribution < -0.4 is 5.32 Å². The first-order valence-electron chi connectivity index (χ1n) is 6.33. The minimum atomic E-state index is -0.152. The van der Waals surface area contributed by atoms with Gasteiger partial charge < -0.3 is 10.1 Å². The second-order valence-electron chi connectivity index (χ2n) is 4.66. The van der Waals surface area contributed by atoms with Gasteiger partial charge in [-0.15, -0.1) is 0 Å². The summed E-state index contributed by atoms with van der Waals surface area (Å²) >= 11 is 0. The Balaban J connectivity index is 2.25. The summed E-state index contributed by atoms with van der Waals surface area (Å²) in [5.41, 5.74) is 0.716. The van der Waals surface area contributed by atoms with Crippen LogP contribution in [0.5, 0.6) is 0 Å². The SMILES string of the molecule is CCNC(c1ccccc1F)C1OCCC1C. The highest BCUT2D eigenvalue weighted by molar-refractivity contribution is 5.23. The van der Waals surface area contributed by atoms with Gasteiger partial charge in [0.1, 0.15) is 5.82 Å². The fourth-order valence-corrected chi connectivity index (χ4v) is 2.49. The average Bonchev–Trinajstić information content (AvgIpc) is 2.74. The van der Waals surface area contributed by atoms with Crippen LogP contribution in [0.1, 0.15) is 31.9 Å². The largest absolute Gasteiger partial charge is 0.376 e. The molecule has 3 heteroatoms. The van der Waals surface area contributed by atoms with Crippen LogP contribution >= 0.6 is 0 Å². The highest BCUT2D eigenvalue weighted by atomic mass is 19.1. The Hall–Kier alpha value is -0.930. The van der Waals surface area contributed by atoms with Crippen molar-refractivity contribution in [2.45, 2.75) is 32.4 Å². The summed E-state index contributed by atoms with van der Waals surface area (Å²) < 4.78 is 19.6. The molecule has 0 spiro atoms. The van der Waals surface area contributed by atoms with Gasteiger partial charge in [0.15, 0.2) is 0 Å². The van der Waals surface area contributed by atoms with Crippen LogP contribution in [0, 0.1) is 11.7 Å². The molecular weight excluding hydrogens is 217 g/mol. The molecule has 1 fully saturated rings. The van der Waals surface area contributed by atoms with Gasteiger partial charge in [-0.05, 0) is 24.9 Å². The van der Waals surface area contributed by atoms with E-state index in [1.54, 1.807) is 6.07 Å². The molecule has 0 amide bonds. The maximum absolute atomic E-state index is 13.8. The molecule has 17 heavy (non-hydrogen) atoms. The Morgan fingerprint density at radius 1 is 1.47 bits per heavy atom. The number of rotatable bonds is 4. The van der Waals surface area contributed by atoms with E-state index in [1.807, 2.05) is 19.1 Å². The Bertz CT molecular complexity index is 369. The van der Waals surface area contributed by atoms with Crippen LogP contribution in [0.25, 0.3) is 0 Å². The van der Waals surface area contributed by atoms with Crippen LogP contribution in [0.3, 0.4) is 0 Å². The number of hydrogen-bond donors (Lipinski definition) is 1. The third-order valence-corrected chi connectivity index (χ3v) is 3.44. The average molecular weight is 237 g/mol. The molecule has 1 N–H and O–H groups in total. The molecule has 1 heterocycles. The minimum Gasteiger partial charge on any atom is -0.376 e. The lowest BCUT2D eigenvalue weighted by Crippen LogP contribution is -2.35. The van der Waals surface area contributed by atoms with E-state index < -0.39 is 0 Å². The van der Waals surface area contributed by atoms with Gasteiger partial charge in [0, 0.05) is 12.2 Å².